The molecule has 0 amide bonds. The van der Waals surface area contributed by atoms with Crippen LogP contribution in [0.5, 0.6) is 0 Å². The van der Waals surface area contributed by atoms with Crippen molar-refractivity contribution < 1.29 is 8.39 Å². The summed E-state index contributed by atoms with van der Waals surface area (Å²) in [5.74, 6) is 3.45. The van der Waals surface area contributed by atoms with Crippen LogP contribution >= 0.6 is 0 Å². The smallest absolute Gasteiger partial charge is 0.156 e. The average molecular weight is 172 g/mol. The van der Waals surface area contributed by atoms with Crippen LogP contribution in [0.25, 0.3) is 0 Å². The van der Waals surface area contributed by atoms with E-state index in [4.69, 9.17) is 10.6 Å². The maximum absolute atomic E-state index is 11.0. The van der Waals surface area contributed by atoms with E-state index in [0.717, 1.165) is 6.42 Å². The standard InChI is InChI=1S/C8H12O2S/c1-4-8(3)7(2)5-6-11(9)10-8/h1,7H,5-6H2,2-3H3. The van der Waals surface area contributed by atoms with Crippen LogP contribution in [0, 0.1) is 18.3 Å². The molecule has 3 unspecified atom stereocenters. The first kappa shape index (κ1) is 8.76. The second-order valence-corrected chi connectivity index (χ2v) is 4.21. The Hall–Kier alpha value is -0.330. The van der Waals surface area contributed by atoms with Crippen LogP contribution in [0.1, 0.15) is 20.3 Å². The Bertz CT molecular complexity index is 219. The molecular weight excluding hydrogens is 160 g/mol. The summed E-state index contributed by atoms with van der Waals surface area (Å²) in [5.41, 5.74) is -0.622. The van der Waals surface area contributed by atoms with Gasteiger partial charge in [-0.2, -0.15) is 0 Å². The molecule has 2 nitrogen and oxygen atoms in total. The third kappa shape index (κ3) is 1.63. The van der Waals surface area contributed by atoms with Gasteiger partial charge < -0.3 is 0 Å². The molecule has 0 bridgehead atoms. The van der Waals surface area contributed by atoms with E-state index in [2.05, 4.69) is 5.92 Å². The van der Waals surface area contributed by atoms with Crippen molar-refractivity contribution in [1.29, 1.82) is 0 Å². The Kier molecular flexibility index (Phi) is 2.36. The fourth-order valence-electron chi connectivity index (χ4n) is 1.03. The van der Waals surface area contributed by atoms with Gasteiger partial charge in [0, 0.05) is 5.75 Å². The molecule has 1 fully saturated rings. The molecule has 1 aliphatic heterocycles. The first-order valence-corrected chi connectivity index (χ1v) is 4.88. The van der Waals surface area contributed by atoms with E-state index in [1.807, 2.05) is 13.8 Å². The average Bonchev–Trinajstić information content (AvgIpc) is 1.98. The second kappa shape index (κ2) is 2.96. The molecule has 0 saturated carbocycles. The normalized spacial score (nSPS) is 44.8. The maximum atomic E-state index is 11.0. The van der Waals surface area contributed by atoms with Gasteiger partial charge in [0.2, 0.25) is 0 Å². The second-order valence-electron chi connectivity index (χ2n) is 3.03. The molecular formula is C8H12O2S. The van der Waals surface area contributed by atoms with Crippen LogP contribution in [0.15, 0.2) is 0 Å². The minimum Gasteiger partial charge on any atom is -0.271 e. The topological polar surface area (TPSA) is 26.3 Å². The zero-order valence-electron chi connectivity index (χ0n) is 6.79. The number of rotatable bonds is 0. The van der Waals surface area contributed by atoms with Gasteiger partial charge in [-0.15, -0.1) is 6.42 Å². The van der Waals surface area contributed by atoms with Crippen LogP contribution in [0.3, 0.4) is 0 Å². The first-order valence-electron chi connectivity index (χ1n) is 3.64. The molecule has 1 heterocycles. The first-order chi connectivity index (χ1) is 5.08. The van der Waals surface area contributed by atoms with Crippen LogP contribution in [-0.4, -0.2) is 15.6 Å². The summed E-state index contributed by atoms with van der Waals surface area (Å²) < 4.78 is 16.1. The van der Waals surface area contributed by atoms with Crippen molar-refractivity contribution in [3.8, 4) is 12.3 Å². The lowest BCUT2D eigenvalue weighted by atomic mass is 9.89. The molecule has 3 atom stereocenters. The van der Waals surface area contributed by atoms with Crippen molar-refractivity contribution in [1.82, 2.24) is 0 Å². The summed E-state index contributed by atoms with van der Waals surface area (Å²) in [6.07, 6.45) is 6.16. The van der Waals surface area contributed by atoms with Gasteiger partial charge in [-0.3, -0.25) is 4.18 Å². The minimum absolute atomic E-state index is 0.296. The number of hydrogen-bond donors (Lipinski definition) is 0. The molecule has 0 aromatic carbocycles. The van der Waals surface area contributed by atoms with Crippen LogP contribution < -0.4 is 0 Å². The molecule has 62 valence electrons. The van der Waals surface area contributed by atoms with E-state index < -0.39 is 16.7 Å². The molecule has 3 heteroatoms. The van der Waals surface area contributed by atoms with E-state index in [-0.39, 0.29) is 0 Å². The maximum Gasteiger partial charge on any atom is 0.156 e. The van der Waals surface area contributed by atoms with Crippen molar-refractivity contribution in [3.63, 3.8) is 0 Å². The SMILES string of the molecule is C#CC1(C)OS(=O)CCC1C. The van der Waals surface area contributed by atoms with Gasteiger partial charge in [0.05, 0.1) is 0 Å². The van der Waals surface area contributed by atoms with E-state index in [1.165, 1.54) is 0 Å². The van der Waals surface area contributed by atoms with Gasteiger partial charge in [0.25, 0.3) is 0 Å². The molecule has 0 radical (unpaired) electrons. The molecule has 1 aliphatic rings. The van der Waals surface area contributed by atoms with Crippen molar-refractivity contribution in [3.05, 3.63) is 0 Å². The zero-order chi connectivity index (χ0) is 8.48. The lowest BCUT2D eigenvalue weighted by Crippen LogP contribution is -2.40. The van der Waals surface area contributed by atoms with Crippen LogP contribution in [-0.2, 0) is 15.3 Å². The predicted molar refractivity (Wildman–Crippen MR) is 45.1 cm³/mol. The summed E-state index contributed by atoms with van der Waals surface area (Å²) in [7, 11) is 0. The van der Waals surface area contributed by atoms with E-state index >= 15 is 0 Å². The lowest BCUT2D eigenvalue weighted by Gasteiger charge is -2.33. The van der Waals surface area contributed by atoms with E-state index in [0.29, 0.717) is 11.7 Å². The van der Waals surface area contributed by atoms with Crippen LogP contribution in [0.2, 0.25) is 0 Å². The number of hydrogen-bond acceptors (Lipinski definition) is 2. The summed E-state index contributed by atoms with van der Waals surface area (Å²) in [5, 5.41) is 0. The van der Waals surface area contributed by atoms with Gasteiger partial charge in [0.1, 0.15) is 5.60 Å². The lowest BCUT2D eigenvalue weighted by molar-refractivity contribution is 0.0922. The Labute approximate surface area is 70.0 Å². The Balaban J connectivity index is 2.78. The highest BCUT2D eigenvalue weighted by atomic mass is 32.2. The van der Waals surface area contributed by atoms with Gasteiger partial charge in [-0.1, -0.05) is 12.8 Å². The van der Waals surface area contributed by atoms with Crippen molar-refractivity contribution >= 4 is 11.1 Å². The Morgan fingerprint density at radius 2 is 2.45 bits per heavy atom. The molecule has 0 aromatic rings. The predicted octanol–water partition coefficient (Wildman–Crippen LogP) is 1.10. The third-order valence-corrected chi connectivity index (χ3v) is 3.31. The monoisotopic (exact) mass is 172 g/mol. The van der Waals surface area contributed by atoms with Gasteiger partial charge in [-0.25, -0.2) is 4.21 Å². The molecule has 0 N–H and O–H groups in total. The molecule has 11 heavy (non-hydrogen) atoms. The fourth-order valence-corrected chi connectivity index (χ4v) is 2.26. The Morgan fingerprint density at radius 1 is 1.82 bits per heavy atom. The molecule has 0 aliphatic carbocycles. The van der Waals surface area contributed by atoms with Gasteiger partial charge in [-0.05, 0) is 19.3 Å². The van der Waals surface area contributed by atoms with E-state index in [9.17, 15) is 4.21 Å². The van der Waals surface area contributed by atoms with Crippen LogP contribution in [0.4, 0.5) is 0 Å². The largest absolute Gasteiger partial charge is 0.271 e. The van der Waals surface area contributed by atoms with Crippen molar-refractivity contribution in [2.24, 2.45) is 5.92 Å². The number of terminal acetylenes is 1. The van der Waals surface area contributed by atoms with Gasteiger partial charge >= 0.3 is 0 Å². The highest BCUT2D eigenvalue weighted by Gasteiger charge is 2.36. The fraction of sp³-hybridized carbons (Fsp3) is 0.750. The van der Waals surface area contributed by atoms with E-state index in [1.54, 1.807) is 0 Å². The zero-order valence-corrected chi connectivity index (χ0v) is 7.61. The summed E-state index contributed by atoms with van der Waals surface area (Å²) in [4.78, 5) is 0. The van der Waals surface area contributed by atoms with Crippen molar-refractivity contribution in [2.45, 2.75) is 25.9 Å². The molecule has 0 aromatic heterocycles. The Morgan fingerprint density at radius 3 is 2.91 bits per heavy atom. The third-order valence-electron chi connectivity index (χ3n) is 2.21. The summed E-state index contributed by atoms with van der Waals surface area (Å²) in [6.45, 7) is 3.84. The molecule has 0 spiro atoms. The molecule has 1 rings (SSSR count). The van der Waals surface area contributed by atoms with Crippen molar-refractivity contribution in [2.75, 3.05) is 5.75 Å². The quantitative estimate of drug-likeness (QED) is 0.511. The summed E-state index contributed by atoms with van der Waals surface area (Å²) >= 11 is -1.17. The van der Waals surface area contributed by atoms with Gasteiger partial charge in [0.15, 0.2) is 11.1 Å². The molecule has 1 saturated heterocycles. The highest BCUT2D eigenvalue weighted by molar-refractivity contribution is 7.80. The summed E-state index contributed by atoms with van der Waals surface area (Å²) in [6, 6.07) is 0. The minimum atomic E-state index is -1.17. The highest BCUT2D eigenvalue weighted by Crippen LogP contribution is 2.29.